The topological polar surface area (TPSA) is 50.4 Å². The molecule has 2 N–H and O–H groups in total. The van der Waals surface area contributed by atoms with E-state index in [1.165, 1.54) is 5.56 Å². The van der Waals surface area contributed by atoms with E-state index in [0.29, 0.717) is 19.7 Å². The second kappa shape index (κ2) is 10.1. The Labute approximate surface area is 178 Å². The molecule has 4 nitrogen and oxygen atoms in total. The minimum absolute atomic E-state index is 0.105. The molecule has 0 saturated carbocycles. The first kappa shape index (κ1) is 21.8. The van der Waals surface area contributed by atoms with Gasteiger partial charge in [0.1, 0.15) is 5.75 Å². The van der Waals surface area contributed by atoms with Crippen molar-refractivity contribution in [1.29, 1.82) is 0 Å². The number of urea groups is 1. The van der Waals surface area contributed by atoms with E-state index in [1.807, 2.05) is 30.3 Å². The highest BCUT2D eigenvalue weighted by molar-refractivity contribution is 9.10. The van der Waals surface area contributed by atoms with E-state index in [1.54, 1.807) is 0 Å². The van der Waals surface area contributed by atoms with E-state index < -0.39 is 0 Å². The Morgan fingerprint density at radius 3 is 2.44 bits per heavy atom. The normalized spacial score (nSPS) is 11.1. The van der Waals surface area contributed by atoms with Crippen LogP contribution in [0.2, 0.25) is 0 Å². The first-order chi connectivity index (χ1) is 12.8. The molecule has 27 heavy (non-hydrogen) atoms. The predicted octanol–water partition coefficient (Wildman–Crippen LogP) is 5.78. The number of ether oxygens (including phenoxy) is 1. The summed E-state index contributed by atoms with van der Waals surface area (Å²) in [4.78, 5) is 11.9. The van der Waals surface area contributed by atoms with Crippen molar-refractivity contribution in [2.45, 2.75) is 39.2 Å². The standard InChI is InChI=1S/C21H26Br2N2O2/c1-21(2,3)16-9-10-19(18(23)13-16)27-12-6-11-24-20(26)25-14-15-7-4-5-8-17(15)22/h4-5,7-10,13H,6,11-12,14H2,1-3H3,(H2,24,25,26). The van der Waals surface area contributed by atoms with Gasteiger partial charge in [-0.3, -0.25) is 0 Å². The molecule has 0 atom stereocenters. The number of halogens is 2. The first-order valence-corrected chi connectivity index (χ1v) is 10.5. The van der Waals surface area contributed by atoms with Crippen LogP contribution in [0.15, 0.2) is 51.4 Å². The third kappa shape index (κ3) is 7.18. The van der Waals surface area contributed by atoms with Gasteiger partial charge in [0.25, 0.3) is 0 Å². The van der Waals surface area contributed by atoms with Crippen LogP contribution in [0.25, 0.3) is 0 Å². The van der Waals surface area contributed by atoms with Gasteiger partial charge >= 0.3 is 6.03 Å². The lowest BCUT2D eigenvalue weighted by molar-refractivity contribution is 0.238. The Bertz CT molecular complexity index is 773. The number of amides is 2. The van der Waals surface area contributed by atoms with Crippen molar-refractivity contribution in [2.75, 3.05) is 13.2 Å². The molecule has 146 valence electrons. The summed E-state index contributed by atoms with van der Waals surface area (Å²) in [6.45, 7) is 8.13. The summed E-state index contributed by atoms with van der Waals surface area (Å²) in [6.07, 6.45) is 0.732. The Hall–Kier alpha value is -1.53. The lowest BCUT2D eigenvalue weighted by Gasteiger charge is -2.20. The molecule has 2 aromatic rings. The van der Waals surface area contributed by atoms with Crippen LogP contribution in [0, 0.1) is 0 Å². The Morgan fingerprint density at radius 1 is 1.04 bits per heavy atom. The van der Waals surface area contributed by atoms with Gasteiger partial charge in [0, 0.05) is 17.6 Å². The maximum absolute atomic E-state index is 11.9. The molecule has 0 aliphatic carbocycles. The summed E-state index contributed by atoms with van der Waals surface area (Å²) in [5.41, 5.74) is 2.40. The van der Waals surface area contributed by atoms with Gasteiger partial charge in [-0.2, -0.15) is 0 Å². The molecule has 2 amide bonds. The highest BCUT2D eigenvalue weighted by Crippen LogP contribution is 2.31. The van der Waals surface area contributed by atoms with Crippen LogP contribution in [0.3, 0.4) is 0 Å². The third-order valence-electron chi connectivity index (χ3n) is 4.06. The van der Waals surface area contributed by atoms with Gasteiger partial charge in [-0.1, -0.05) is 61.0 Å². The molecule has 0 unspecified atom stereocenters. The molecule has 0 saturated heterocycles. The highest BCUT2D eigenvalue weighted by atomic mass is 79.9. The number of carbonyl (C=O) groups is 1. The van der Waals surface area contributed by atoms with Crippen molar-refractivity contribution in [1.82, 2.24) is 10.6 Å². The summed E-state index contributed by atoms with van der Waals surface area (Å²) in [5.74, 6) is 0.821. The maximum Gasteiger partial charge on any atom is 0.315 e. The van der Waals surface area contributed by atoms with Crippen LogP contribution >= 0.6 is 31.9 Å². The molecule has 0 aromatic heterocycles. The minimum Gasteiger partial charge on any atom is -0.492 e. The summed E-state index contributed by atoms with van der Waals surface area (Å²) >= 11 is 7.04. The smallest absolute Gasteiger partial charge is 0.315 e. The van der Waals surface area contributed by atoms with E-state index in [0.717, 1.165) is 26.7 Å². The summed E-state index contributed by atoms with van der Waals surface area (Å²) in [6, 6.07) is 13.8. The maximum atomic E-state index is 11.9. The van der Waals surface area contributed by atoms with Gasteiger partial charge in [-0.05, 0) is 57.1 Å². The summed E-state index contributed by atoms with van der Waals surface area (Å²) in [5, 5.41) is 5.69. The van der Waals surface area contributed by atoms with Gasteiger partial charge < -0.3 is 15.4 Å². The quantitative estimate of drug-likeness (QED) is 0.476. The Morgan fingerprint density at radius 2 is 1.78 bits per heavy atom. The zero-order valence-electron chi connectivity index (χ0n) is 15.9. The fraction of sp³-hybridized carbons (Fsp3) is 0.381. The van der Waals surface area contributed by atoms with Crippen LogP contribution in [-0.4, -0.2) is 19.2 Å². The van der Waals surface area contributed by atoms with E-state index in [-0.39, 0.29) is 11.4 Å². The molecule has 2 rings (SSSR count). The predicted molar refractivity (Wildman–Crippen MR) is 117 cm³/mol. The molecule has 0 heterocycles. The molecule has 0 bridgehead atoms. The Balaban J connectivity index is 1.67. The molecule has 0 aliphatic rings. The fourth-order valence-corrected chi connectivity index (χ4v) is 3.34. The van der Waals surface area contributed by atoms with Crippen LogP contribution < -0.4 is 15.4 Å². The molecule has 0 radical (unpaired) electrons. The second-order valence-electron chi connectivity index (χ2n) is 7.30. The molecular weight excluding hydrogens is 472 g/mol. The van der Waals surface area contributed by atoms with Crippen molar-refractivity contribution in [3.8, 4) is 5.75 Å². The van der Waals surface area contributed by atoms with Crippen LogP contribution in [0.5, 0.6) is 5.75 Å². The number of carbonyl (C=O) groups excluding carboxylic acids is 1. The van der Waals surface area contributed by atoms with Crippen molar-refractivity contribution in [3.63, 3.8) is 0 Å². The van der Waals surface area contributed by atoms with E-state index >= 15 is 0 Å². The fourth-order valence-electron chi connectivity index (χ4n) is 2.42. The molecule has 0 spiro atoms. The number of benzene rings is 2. The average Bonchev–Trinajstić information content (AvgIpc) is 2.61. The molecule has 0 fully saturated rings. The van der Waals surface area contributed by atoms with Gasteiger partial charge in [0.2, 0.25) is 0 Å². The van der Waals surface area contributed by atoms with Crippen molar-refractivity contribution in [2.24, 2.45) is 0 Å². The number of rotatable bonds is 7. The third-order valence-corrected chi connectivity index (χ3v) is 5.45. The zero-order chi connectivity index (χ0) is 19.9. The van der Waals surface area contributed by atoms with Crippen LogP contribution in [0.4, 0.5) is 4.79 Å². The lowest BCUT2D eigenvalue weighted by atomic mass is 9.87. The number of nitrogens with one attached hydrogen (secondary N) is 2. The van der Waals surface area contributed by atoms with Crippen molar-refractivity contribution in [3.05, 3.63) is 62.5 Å². The van der Waals surface area contributed by atoms with Crippen molar-refractivity contribution < 1.29 is 9.53 Å². The minimum atomic E-state index is -0.179. The molecular formula is C21H26Br2N2O2. The molecule has 2 aromatic carbocycles. The van der Waals surface area contributed by atoms with Crippen LogP contribution in [0.1, 0.15) is 38.3 Å². The summed E-state index contributed by atoms with van der Waals surface area (Å²) < 4.78 is 7.75. The Kier molecular flexibility index (Phi) is 8.17. The largest absolute Gasteiger partial charge is 0.492 e. The van der Waals surface area contributed by atoms with E-state index in [4.69, 9.17) is 4.74 Å². The number of hydrogen-bond acceptors (Lipinski definition) is 2. The van der Waals surface area contributed by atoms with E-state index in [9.17, 15) is 4.79 Å². The van der Waals surface area contributed by atoms with Gasteiger partial charge in [-0.25, -0.2) is 4.79 Å². The highest BCUT2D eigenvalue weighted by Gasteiger charge is 2.15. The van der Waals surface area contributed by atoms with Crippen molar-refractivity contribution >= 4 is 37.9 Å². The summed E-state index contributed by atoms with van der Waals surface area (Å²) in [7, 11) is 0. The average molecular weight is 498 g/mol. The van der Waals surface area contributed by atoms with Gasteiger partial charge in [0.15, 0.2) is 0 Å². The van der Waals surface area contributed by atoms with E-state index in [2.05, 4.69) is 75.4 Å². The lowest BCUT2D eigenvalue weighted by Crippen LogP contribution is -2.36. The molecule has 6 heteroatoms. The number of hydrogen-bond donors (Lipinski definition) is 2. The van der Waals surface area contributed by atoms with Crippen LogP contribution in [-0.2, 0) is 12.0 Å². The SMILES string of the molecule is CC(C)(C)c1ccc(OCCCNC(=O)NCc2ccccc2Br)c(Br)c1. The second-order valence-corrected chi connectivity index (χ2v) is 9.01. The zero-order valence-corrected chi connectivity index (χ0v) is 19.1. The molecule has 0 aliphatic heterocycles. The van der Waals surface area contributed by atoms with Gasteiger partial charge in [-0.15, -0.1) is 0 Å². The monoisotopic (exact) mass is 496 g/mol. The first-order valence-electron chi connectivity index (χ1n) is 8.95. The van der Waals surface area contributed by atoms with Gasteiger partial charge in [0.05, 0.1) is 11.1 Å².